The minimum absolute atomic E-state index is 0.00874. The first-order valence-electron chi connectivity index (χ1n) is 4.93. The molecule has 0 aliphatic carbocycles. The van der Waals surface area contributed by atoms with Crippen LogP contribution in [0.3, 0.4) is 0 Å². The van der Waals surface area contributed by atoms with Crippen LogP contribution in [-0.2, 0) is 14.6 Å². The SMILES string of the molecule is CC(C)(C)OC(=S)N[C@H]1CS(=O)(=O)C[C@H]1Cl. The Morgan fingerprint density at radius 1 is 1.44 bits per heavy atom. The predicted octanol–water partition coefficient (Wildman–Crippen LogP) is 1.08. The highest BCUT2D eigenvalue weighted by atomic mass is 35.5. The van der Waals surface area contributed by atoms with Crippen molar-refractivity contribution < 1.29 is 13.2 Å². The number of rotatable bonds is 1. The third-order valence-electron chi connectivity index (χ3n) is 1.99. The standard InChI is InChI=1S/C9H16ClNO3S2/c1-9(2,3)14-8(15)11-7-5-16(12,13)4-6(7)10/h6-7H,4-5H2,1-3H3,(H,11,15)/t6-,7+/m1/s1. The second-order valence-electron chi connectivity index (χ2n) is 4.85. The monoisotopic (exact) mass is 285 g/mol. The first kappa shape index (κ1) is 14.0. The molecule has 1 saturated heterocycles. The van der Waals surface area contributed by atoms with E-state index in [1.807, 2.05) is 20.8 Å². The van der Waals surface area contributed by atoms with Crippen LogP contribution in [0.2, 0.25) is 0 Å². The first-order valence-corrected chi connectivity index (χ1v) is 7.60. The van der Waals surface area contributed by atoms with Gasteiger partial charge in [-0.2, -0.15) is 0 Å². The van der Waals surface area contributed by atoms with E-state index in [-0.39, 0.29) is 22.7 Å². The number of alkyl halides is 1. The van der Waals surface area contributed by atoms with Gasteiger partial charge in [0.15, 0.2) is 9.84 Å². The Morgan fingerprint density at radius 3 is 2.38 bits per heavy atom. The van der Waals surface area contributed by atoms with Crippen molar-refractivity contribution in [3.05, 3.63) is 0 Å². The molecule has 1 rings (SSSR count). The van der Waals surface area contributed by atoms with Gasteiger partial charge in [0.25, 0.3) is 5.17 Å². The molecule has 0 bridgehead atoms. The summed E-state index contributed by atoms with van der Waals surface area (Å²) in [5.41, 5.74) is -0.399. The summed E-state index contributed by atoms with van der Waals surface area (Å²) in [5, 5.41) is 2.58. The number of hydrogen-bond donors (Lipinski definition) is 1. The second-order valence-corrected chi connectivity index (χ2v) is 7.93. The summed E-state index contributed by atoms with van der Waals surface area (Å²) in [6.07, 6.45) is 0. The Labute approximate surface area is 107 Å². The summed E-state index contributed by atoms with van der Waals surface area (Å²) < 4.78 is 28.0. The van der Waals surface area contributed by atoms with E-state index < -0.39 is 20.8 Å². The molecule has 0 unspecified atom stereocenters. The minimum atomic E-state index is -3.04. The van der Waals surface area contributed by atoms with Gasteiger partial charge < -0.3 is 10.1 Å². The zero-order valence-corrected chi connectivity index (χ0v) is 11.9. The number of sulfone groups is 1. The molecule has 0 radical (unpaired) electrons. The fraction of sp³-hybridized carbons (Fsp3) is 0.889. The third-order valence-corrected chi connectivity index (χ3v) is 4.56. The van der Waals surface area contributed by atoms with Crippen LogP contribution in [0.25, 0.3) is 0 Å². The maximum Gasteiger partial charge on any atom is 0.257 e. The molecule has 4 nitrogen and oxygen atoms in total. The number of halogens is 1. The van der Waals surface area contributed by atoms with E-state index in [1.54, 1.807) is 0 Å². The molecule has 16 heavy (non-hydrogen) atoms. The summed E-state index contributed by atoms with van der Waals surface area (Å²) in [4.78, 5) is 0. The van der Waals surface area contributed by atoms with Crippen LogP contribution in [0.1, 0.15) is 20.8 Å². The van der Waals surface area contributed by atoms with E-state index in [0.717, 1.165) is 0 Å². The molecule has 0 spiro atoms. The van der Waals surface area contributed by atoms with Crippen molar-refractivity contribution in [3.63, 3.8) is 0 Å². The molecule has 0 aromatic carbocycles. The number of hydrogen-bond acceptors (Lipinski definition) is 4. The first-order chi connectivity index (χ1) is 7.09. The van der Waals surface area contributed by atoms with Gasteiger partial charge >= 0.3 is 0 Å². The van der Waals surface area contributed by atoms with Crippen molar-refractivity contribution >= 4 is 38.8 Å². The van der Waals surface area contributed by atoms with Crippen molar-refractivity contribution in [2.75, 3.05) is 11.5 Å². The Hall–Kier alpha value is -0.0700. The molecule has 1 aliphatic rings. The van der Waals surface area contributed by atoms with Gasteiger partial charge in [-0.1, -0.05) is 0 Å². The molecular weight excluding hydrogens is 270 g/mol. The highest BCUT2D eigenvalue weighted by Crippen LogP contribution is 2.18. The quantitative estimate of drug-likeness (QED) is 0.577. The fourth-order valence-electron chi connectivity index (χ4n) is 1.40. The maximum atomic E-state index is 11.3. The van der Waals surface area contributed by atoms with E-state index in [2.05, 4.69) is 5.32 Å². The molecular formula is C9H16ClNO3S2. The molecule has 1 aliphatic heterocycles. The number of thiocarbonyl (C=S) groups is 1. The Kier molecular flexibility index (Phi) is 4.08. The van der Waals surface area contributed by atoms with E-state index >= 15 is 0 Å². The highest BCUT2D eigenvalue weighted by molar-refractivity contribution is 7.91. The molecule has 1 heterocycles. The van der Waals surface area contributed by atoms with Crippen LogP contribution >= 0.6 is 23.8 Å². The summed E-state index contributed by atoms with van der Waals surface area (Å²) in [5.74, 6) is -0.000830. The summed E-state index contributed by atoms with van der Waals surface area (Å²) in [6.45, 7) is 5.60. The van der Waals surface area contributed by atoms with Gasteiger partial charge in [0.05, 0.1) is 22.9 Å². The largest absolute Gasteiger partial charge is 0.465 e. The lowest BCUT2D eigenvalue weighted by Crippen LogP contribution is -2.43. The van der Waals surface area contributed by atoms with Crippen LogP contribution < -0.4 is 5.32 Å². The predicted molar refractivity (Wildman–Crippen MR) is 68.7 cm³/mol. The number of ether oxygens (including phenoxy) is 1. The van der Waals surface area contributed by atoms with Crippen molar-refractivity contribution in [2.24, 2.45) is 0 Å². The summed E-state index contributed by atoms with van der Waals surface area (Å²) >= 11 is 10.9. The Balaban J connectivity index is 2.53. The Morgan fingerprint density at radius 2 is 2.00 bits per heavy atom. The lowest BCUT2D eigenvalue weighted by atomic mass is 10.2. The van der Waals surface area contributed by atoms with E-state index in [0.29, 0.717) is 0 Å². The zero-order valence-electron chi connectivity index (χ0n) is 9.49. The molecule has 7 heteroatoms. The molecule has 0 aromatic rings. The minimum Gasteiger partial charge on any atom is -0.465 e. The second kappa shape index (κ2) is 4.66. The van der Waals surface area contributed by atoms with Gasteiger partial charge in [-0.25, -0.2) is 8.42 Å². The molecule has 1 N–H and O–H groups in total. The fourth-order valence-corrected chi connectivity index (χ4v) is 4.35. The third kappa shape index (κ3) is 4.43. The van der Waals surface area contributed by atoms with Gasteiger partial charge in [0.2, 0.25) is 0 Å². The summed E-state index contributed by atoms with van der Waals surface area (Å²) in [6, 6.07) is -0.360. The van der Waals surface area contributed by atoms with Crippen molar-refractivity contribution in [2.45, 2.75) is 37.8 Å². The van der Waals surface area contributed by atoms with Crippen molar-refractivity contribution in [1.29, 1.82) is 0 Å². The lowest BCUT2D eigenvalue weighted by molar-refractivity contribution is 0.113. The molecule has 0 amide bonds. The van der Waals surface area contributed by atoms with Gasteiger partial charge in [-0.15, -0.1) is 11.6 Å². The molecule has 0 saturated carbocycles. The lowest BCUT2D eigenvalue weighted by Gasteiger charge is -2.24. The molecule has 1 fully saturated rings. The Bertz CT molecular complexity index is 375. The van der Waals surface area contributed by atoms with Gasteiger partial charge in [-0.3, -0.25) is 0 Å². The van der Waals surface area contributed by atoms with Gasteiger partial charge in [0, 0.05) is 0 Å². The van der Waals surface area contributed by atoms with E-state index in [4.69, 9.17) is 28.6 Å². The zero-order chi connectivity index (χ0) is 12.6. The molecule has 94 valence electrons. The van der Waals surface area contributed by atoms with Crippen LogP contribution in [0.15, 0.2) is 0 Å². The highest BCUT2D eigenvalue weighted by Gasteiger charge is 2.37. The molecule has 0 aromatic heterocycles. The van der Waals surface area contributed by atoms with Gasteiger partial charge in [-0.05, 0) is 33.0 Å². The van der Waals surface area contributed by atoms with E-state index in [1.165, 1.54) is 0 Å². The van der Waals surface area contributed by atoms with Crippen molar-refractivity contribution in [3.8, 4) is 0 Å². The molecule has 2 atom stereocenters. The normalized spacial score (nSPS) is 28.8. The van der Waals surface area contributed by atoms with Crippen LogP contribution in [-0.4, -0.2) is 42.1 Å². The summed E-state index contributed by atoms with van der Waals surface area (Å²) in [7, 11) is -3.04. The smallest absolute Gasteiger partial charge is 0.257 e. The average molecular weight is 286 g/mol. The van der Waals surface area contributed by atoms with E-state index in [9.17, 15) is 8.42 Å². The maximum absolute atomic E-state index is 11.3. The van der Waals surface area contributed by atoms with Crippen LogP contribution in [0, 0.1) is 0 Å². The van der Waals surface area contributed by atoms with Crippen LogP contribution in [0.5, 0.6) is 0 Å². The number of nitrogens with one attached hydrogen (secondary N) is 1. The van der Waals surface area contributed by atoms with Gasteiger partial charge in [0.1, 0.15) is 5.60 Å². The average Bonchev–Trinajstić information content (AvgIpc) is 2.19. The van der Waals surface area contributed by atoms with Crippen LogP contribution in [0.4, 0.5) is 0 Å². The van der Waals surface area contributed by atoms with Crippen molar-refractivity contribution in [1.82, 2.24) is 5.32 Å². The topological polar surface area (TPSA) is 55.4 Å².